The Kier molecular flexibility index (Phi) is 5.06. The minimum atomic E-state index is -1.44. The molecule has 0 fully saturated rings. The number of carbonyl (C=O) groups excluding carboxylic acids is 2. The van der Waals surface area contributed by atoms with E-state index in [9.17, 15) is 19.8 Å². The van der Waals surface area contributed by atoms with Crippen LogP contribution in [-0.4, -0.2) is 46.3 Å². The van der Waals surface area contributed by atoms with Crippen LogP contribution in [0.3, 0.4) is 0 Å². The Hall–Kier alpha value is -4.44. The van der Waals surface area contributed by atoms with Crippen LogP contribution in [0.1, 0.15) is 62.6 Å². The fourth-order valence-corrected chi connectivity index (χ4v) is 5.43. The van der Waals surface area contributed by atoms with Crippen molar-refractivity contribution in [2.45, 2.75) is 39.7 Å². The Labute approximate surface area is 221 Å². The summed E-state index contributed by atoms with van der Waals surface area (Å²) in [5, 5.41) is 30.6. The van der Waals surface area contributed by atoms with Crippen LogP contribution in [0.4, 0.5) is 0 Å². The molecule has 2 aliphatic rings. The smallest absolute Gasteiger partial charge is 0.251 e. The average Bonchev–Trinajstić information content (AvgIpc) is 3.49. The Morgan fingerprint density at radius 1 is 1.13 bits per heavy atom. The predicted octanol–water partition coefficient (Wildman–Crippen LogP) is 4.28. The van der Waals surface area contributed by atoms with Crippen molar-refractivity contribution in [2.24, 2.45) is 0 Å². The predicted molar refractivity (Wildman–Crippen MR) is 137 cm³/mol. The standard InChI is InChI=1S/C27H22ClN5O5/c1-12-21(35)19(14(3)34)23-20(22(12)36)27(4)17(38-23)10-16-18(24(27)37)13(2)30-33(16)26-29-25(28)31-32(26)11-15-8-6-5-7-9-15/h5-10,35-36H,11H2,1-4H3. The molecule has 2 N–H and O–H groups in total. The highest BCUT2D eigenvalue weighted by atomic mass is 35.5. The first-order chi connectivity index (χ1) is 18.0. The van der Waals surface area contributed by atoms with Crippen LogP contribution in [0, 0.1) is 13.8 Å². The number of fused-ring (bicyclic) bond motifs is 4. The molecular formula is C27H22ClN5O5. The summed E-state index contributed by atoms with van der Waals surface area (Å²) in [4.78, 5) is 31.0. The van der Waals surface area contributed by atoms with Gasteiger partial charge in [-0.3, -0.25) is 9.59 Å². The van der Waals surface area contributed by atoms with E-state index in [2.05, 4.69) is 15.2 Å². The third-order valence-electron chi connectivity index (χ3n) is 7.23. The van der Waals surface area contributed by atoms with Gasteiger partial charge in [0.2, 0.25) is 5.28 Å². The van der Waals surface area contributed by atoms with Crippen LogP contribution in [-0.2, 0) is 12.0 Å². The van der Waals surface area contributed by atoms with E-state index in [1.54, 1.807) is 24.6 Å². The van der Waals surface area contributed by atoms with Gasteiger partial charge in [-0.05, 0) is 44.9 Å². The van der Waals surface area contributed by atoms with Gasteiger partial charge in [-0.15, -0.1) is 5.10 Å². The Balaban J connectivity index is 1.55. The van der Waals surface area contributed by atoms with Crippen molar-refractivity contribution in [3.63, 3.8) is 0 Å². The van der Waals surface area contributed by atoms with Crippen molar-refractivity contribution in [2.75, 3.05) is 0 Å². The van der Waals surface area contributed by atoms with Gasteiger partial charge in [-0.25, -0.2) is 4.68 Å². The van der Waals surface area contributed by atoms with E-state index < -0.39 is 11.2 Å². The summed E-state index contributed by atoms with van der Waals surface area (Å²) < 4.78 is 9.14. The van der Waals surface area contributed by atoms with Gasteiger partial charge in [0.1, 0.15) is 34.0 Å². The quantitative estimate of drug-likeness (QED) is 0.373. The van der Waals surface area contributed by atoms with Crippen molar-refractivity contribution in [3.05, 3.63) is 80.6 Å². The number of carbonyl (C=O) groups is 2. The van der Waals surface area contributed by atoms with Gasteiger partial charge in [0.25, 0.3) is 5.95 Å². The number of phenolic OH excluding ortho intramolecular Hbond substituents is 2. The lowest BCUT2D eigenvalue weighted by Crippen LogP contribution is -2.36. The van der Waals surface area contributed by atoms with Crippen molar-refractivity contribution < 1.29 is 24.5 Å². The van der Waals surface area contributed by atoms with E-state index in [0.717, 1.165) is 5.56 Å². The number of phenols is 2. The Bertz CT molecular complexity index is 1740. The van der Waals surface area contributed by atoms with Crippen molar-refractivity contribution in [3.8, 4) is 23.2 Å². The zero-order valence-corrected chi connectivity index (χ0v) is 21.7. The van der Waals surface area contributed by atoms with Crippen LogP contribution in [0.5, 0.6) is 17.2 Å². The fourth-order valence-electron chi connectivity index (χ4n) is 5.27. The minimum Gasteiger partial charge on any atom is -0.507 e. The fraction of sp³-hybridized carbons (Fsp3) is 0.222. The summed E-state index contributed by atoms with van der Waals surface area (Å²) in [5.74, 6) is -1.06. The molecule has 0 saturated carbocycles. The third kappa shape index (κ3) is 3.10. The summed E-state index contributed by atoms with van der Waals surface area (Å²) in [6.07, 6.45) is 1.64. The van der Waals surface area contributed by atoms with Crippen LogP contribution in [0.15, 0.2) is 36.1 Å². The largest absolute Gasteiger partial charge is 0.507 e. The molecule has 0 amide bonds. The molecular weight excluding hydrogens is 510 g/mol. The highest BCUT2D eigenvalue weighted by molar-refractivity contribution is 6.28. The highest BCUT2D eigenvalue weighted by Gasteiger charge is 2.55. The number of ketones is 2. The normalized spacial score (nSPS) is 17.5. The molecule has 0 saturated heterocycles. The van der Waals surface area contributed by atoms with Gasteiger partial charge in [0.15, 0.2) is 11.6 Å². The molecule has 2 aromatic heterocycles. The number of hydrogen-bond acceptors (Lipinski definition) is 8. The summed E-state index contributed by atoms with van der Waals surface area (Å²) in [7, 11) is 0. The molecule has 192 valence electrons. The van der Waals surface area contributed by atoms with Gasteiger partial charge < -0.3 is 14.9 Å². The number of ether oxygens (including phenoxy) is 1. The lowest BCUT2D eigenvalue weighted by molar-refractivity contribution is 0.0905. The Morgan fingerprint density at radius 2 is 1.84 bits per heavy atom. The van der Waals surface area contributed by atoms with Gasteiger partial charge in [-0.1, -0.05) is 30.3 Å². The second kappa shape index (κ2) is 8.03. The molecule has 6 rings (SSSR count). The van der Waals surface area contributed by atoms with Crippen LogP contribution >= 0.6 is 11.6 Å². The maximum absolute atomic E-state index is 14.2. The first-order valence-electron chi connectivity index (χ1n) is 11.8. The molecule has 38 heavy (non-hydrogen) atoms. The van der Waals surface area contributed by atoms with Gasteiger partial charge in [0.05, 0.1) is 29.1 Å². The summed E-state index contributed by atoms with van der Waals surface area (Å²) >= 11 is 6.19. The first kappa shape index (κ1) is 23.9. The average molecular weight is 532 g/mol. The van der Waals surface area contributed by atoms with Crippen molar-refractivity contribution >= 4 is 29.2 Å². The van der Waals surface area contributed by atoms with Gasteiger partial charge in [0, 0.05) is 11.6 Å². The summed E-state index contributed by atoms with van der Waals surface area (Å²) in [6.45, 7) is 6.46. The molecule has 11 heteroatoms. The van der Waals surface area contributed by atoms with Gasteiger partial charge in [-0.2, -0.15) is 14.8 Å². The van der Waals surface area contributed by atoms with Crippen LogP contribution in [0.2, 0.25) is 5.28 Å². The van der Waals surface area contributed by atoms with Crippen LogP contribution in [0.25, 0.3) is 12.0 Å². The van der Waals surface area contributed by atoms with Crippen LogP contribution < -0.4 is 4.74 Å². The summed E-state index contributed by atoms with van der Waals surface area (Å²) in [6, 6.07) is 9.63. The number of benzene rings is 2. The SMILES string of the molecule is CC(=O)c1c(O)c(C)c(O)c2c1OC1=Cc3c(c(C)nn3-c3nc(Cl)nn3Cc3ccccc3)C(=O)C12C. The number of allylic oxidation sites excluding steroid dienone is 1. The van der Waals surface area contributed by atoms with Gasteiger partial charge >= 0.3 is 0 Å². The lowest BCUT2D eigenvalue weighted by Gasteiger charge is -2.27. The number of Topliss-reactive ketones (excluding diaryl/α,β-unsaturated/α-hetero) is 2. The number of hydrogen-bond donors (Lipinski definition) is 2. The van der Waals surface area contributed by atoms with E-state index in [1.807, 2.05) is 30.3 Å². The number of aryl methyl sites for hydroxylation is 1. The third-order valence-corrected chi connectivity index (χ3v) is 7.39. The lowest BCUT2D eigenvalue weighted by atomic mass is 9.71. The number of nitrogens with zero attached hydrogens (tertiary/aromatic N) is 5. The second-order valence-corrected chi connectivity index (χ2v) is 9.94. The zero-order valence-electron chi connectivity index (χ0n) is 20.9. The van der Waals surface area contributed by atoms with E-state index >= 15 is 0 Å². The molecule has 2 aromatic carbocycles. The minimum absolute atomic E-state index is 0.0176. The molecule has 1 atom stereocenters. The molecule has 1 unspecified atom stereocenters. The number of aromatic hydroxyl groups is 2. The second-order valence-electron chi connectivity index (χ2n) is 9.60. The van der Waals surface area contributed by atoms with Crippen molar-refractivity contribution in [1.82, 2.24) is 24.5 Å². The molecule has 0 spiro atoms. The maximum Gasteiger partial charge on any atom is 0.251 e. The maximum atomic E-state index is 14.2. The van der Waals surface area contributed by atoms with E-state index in [0.29, 0.717) is 29.4 Å². The molecule has 1 aliphatic heterocycles. The molecule has 10 nitrogen and oxygen atoms in total. The number of halogens is 1. The summed E-state index contributed by atoms with van der Waals surface area (Å²) in [5.41, 5.74) is 0.814. The Morgan fingerprint density at radius 3 is 2.53 bits per heavy atom. The molecule has 0 bridgehead atoms. The molecule has 4 aromatic rings. The molecule has 3 heterocycles. The number of aromatic nitrogens is 5. The molecule has 0 radical (unpaired) electrons. The monoisotopic (exact) mass is 531 g/mol. The number of rotatable bonds is 4. The molecule has 1 aliphatic carbocycles. The first-order valence-corrected chi connectivity index (χ1v) is 12.2. The topological polar surface area (TPSA) is 132 Å². The van der Waals surface area contributed by atoms with Crippen molar-refractivity contribution in [1.29, 1.82) is 0 Å². The van der Waals surface area contributed by atoms with E-state index in [-0.39, 0.29) is 50.8 Å². The zero-order chi connectivity index (χ0) is 27.1. The van der Waals surface area contributed by atoms with E-state index in [1.165, 1.54) is 18.5 Å². The highest BCUT2D eigenvalue weighted by Crippen LogP contribution is 2.58. The van der Waals surface area contributed by atoms with E-state index in [4.69, 9.17) is 16.3 Å².